The molecule has 146 valence electrons. The van der Waals surface area contributed by atoms with Crippen LogP contribution in [0.25, 0.3) is 11.1 Å². The highest BCUT2D eigenvalue weighted by Gasteiger charge is 2.20. The molecule has 0 heteroatoms. The van der Waals surface area contributed by atoms with Crippen LogP contribution in [0.3, 0.4) is 0 Å². The molecular weight excluding hydrogens is 324 g/mol. The molecule has 0 amide bonds. The van der Waals surface area contributed by atoms with Crippen molar-refractivity contribution in [1.29, 1.82) is 0 Å². The van der Waals surface area contributed by atoms with Gasteiger partial charge < -0.3 is 0 Å². The van der Waals surface area contributed by atoms with Crippen LogP contribution in [0, 0.1) is 11.8 Å². The third-order valence-corrected chi connectivity index (χ3v) is 7.13. The molecule has 0 N–H and O–H groups in total. The van der Waals surface area contributed by atoms with Gasteiger partial charge in [0, 0.05) is 0 Å². The molecule has 2 aromatic rings. The molecule has 2 aliphatic carbocycles. The van der Waals surface area contributed by atoms with Gasteiger partial charge in [-0.1, -0.05) is 95.5 Å². The van der Waals surface area contributed by atoms with Crippen LogP contribution >= 0.6 is 0 Å². The summed E-state index contributed by atoms with van der Waals surface area (Å²) >= 11 is 0. The smallest absolute Gasteiger partial charge is 0.0162 e. The second kappa shape index (κ2) is 9.09. The first-order valence-corrected chi connectivity index (χ1v) is 10.9. The van der Waals surface area contributed by atoms with E-state index in [1.54, 1.807) is 11.1 Å². The maximum absolute atomic E-state index is 2.40. The van der Waals surface area contributed by atoms with Gasteiger partial charge in [-0.2, -0.15) is 0 Å². The van der Waals surface area contributed by atoms with Gasteiger partial charge >= 0.3 is 0 Å². The first-order valence-electron chi connectivity index (χ1n) is 10.9. The molecule has 0 heterocycles. The van der Waals surface area contributed by atoms with Crippen molar-refractivity contribution in [2.24, 2.45) is 11.8 Å². The van der Waals surface area contributed by atoms with Crippen molar-refractivity contribution in [1.82, 2.24) is 0 Å². The van der Waals surface area contributed by atoms with Crippen molar-refractivity contribution in [3.05, 3.63) is 59.7 Å². The van der Waals surface area contributed by atoms with E-state index in [4.69, 9.17) is 0 Å². The van der Waals surface area contributed by atoms with Crippen molar-refractivity contribution in [3.8, 4) is 11.1 Å². The molecule has 2 fully saturated rings. The van der Waals surface area contributed by atoms with Gasteiger partial charge in [0.2, 0.25) is 0 Å². The minimum atomic E-state index is 0. The van der Waals surface area contributed by atoms with Gasteiger partial charge in [-0.3, -0.25) is 0 Å². The fraction of sp³-hybridized carbons (Fsp3) is 0.556. The molecular formula is C27H38. The molecule has 0 aromatic heterocycles. The summed E-state index contributed by atoms with van der Waals surface area (Å²) in [4.78, 5) is 0. The summed E-state index contributed by atoms with van der Waals surface area (Å²) < 4.78 is 0. The molecule has 0 radical (unpaired) electrons. The molecule has 4 rings (SSSR count). The van der Waals surface area contributed by atoms with Crippen LogP contribution in [0.15, 0.2) is 48.5 Å². The maximum Gasteiger partial charge on any atom is -0.0162 e. The topological polar surface area (TPSA) is 0 Å². The summed E-state index contributed by atoms with van der Waals surface area (Å²) in [6.07, 6.45) is 11.1. The van der Waals surface area contributed by atoms with E-state index in [1.807, 2.05) is 0 Å². The predicted octanol–water partition coefficient (Wildman–Crippen LogP) is 8.58. The molecule has 2 aromatic carbocycles. The third kappa shape index (κ3) is 4.84. The minimum absolute atomic E-state index is 0. The van der Waals surface area contributed by atoms with E-state index in [0.29, 0.717) is 0 Å². The first-order chi connectivity index (χ1) is 12.7. The highest BCUT2D eigenvalue weighted by molar-refractivity contribution is 5.64. The largest absolute Gasteiger partial charge is 0.0776 e. The fourth-order valence-corrected chi connectivity index (χ4v) is 5.08. The van der Waals surface area contributed by atoms with Crippen LogP contribution in [0.4, 0.5) is 0 Å². The summed E-state index contributed by atoms with van der Waals surface area (Å²) in [5.41, 5.74) is 5.82. The van der Waals surface area contributed by atoms with Gasteiger partial charge in [0.1, 0.15) is 0 Å². The van der Waals surface area contributed by atoms with Crippen LogP contribution in [0.1, 0.15) is 95.6 Å². The lowest BCUT2D eigenvalue weighted by Gasteiger charge is -2.27. The molecule has 0 spiro atoms. The Morgan fingerprint density at radius 1 is 0.481 bits per heavy atom. The van der Waals surface area contributed by atoms with Gasteiger partial charge in [0.15, 0.2) is 0 Å². The van der Waals surface area contributed by atoms with Crippen LogP contribution in [-0.2, 0) is 0 Å². The fourth-order valence-electron chi connectivity index (χ4n) is 5.08. The molecule has 0 aliphatic heterocycles. The Balaban J connectivity index is 0.00000210. The summed E-state index contributed by atoms with van der Waals surface area (Å²) in [5, 5.41) is 0. The van der Waals surface area contributed by atoms with Gasteiger partial charge in [-0.05, 0) is 71.6 Å². The van der Waals surface area contributed by atoms with E-state index in [9.17, 15) is 0 Å². The zero-order chi connectivity index (χ0) is 17.9. The van der Waals surface area contributed by atoms with E-state index in [0.717, 1.165) is 23.7 Å². The Morgan fingerprint density at radius 3 is 1.07 bits per heavy atom. The Bertz CT molecular complexity index is 614. The lowest BCUT2D eigenvalue weighted by atomic mass is 9.79. The molecule has 0 nitrogen and oxygen atoms in total. The molecule has 0 unspecified atom stereocenters. The van der Waals surface area contributed by atoms with Crippen LogP contribution in [0.5, 0.6) is 0 Å². The average molecular weight is 363 g/mol. The Labute approximate surface area is 167 Å². The molecule has 0 bridgehead atoms. The third-order valence-electron chi connectivity index (χ3n) is 7.13. The summed E-state index contributed by atoms with van der Waals surface area (Å²) in [5.74, 6) is 3.43. The quantitative estimate of drug-likeness (QED) is 0.513. The lowest BCUT2D eigenvalue weighted by Crippen LogP contribution is -2.10. The van der Waals surface area contributed by atoms with Gasteiger partial charge in [-0.15, -0.1) is 0 Å². The highest BCUT2D eigenvalue weighted by atomic mass is 14.3. The Kier molecular flexibility index (Phi) is 6.79. The first kappa shape index (κ1) is 20.2. The lowest BCUT2D eigenvalue weighted by molar-refractivity contribution is 0.348. The SMILES string of the molecule is C.CC1CCC(c2ccc(-c3ccc(C4CCC(C)CC4)cc3)cc2)CC1. The molecule has 2 saturated carbocycles. The molecule has 2 aliphatic rings. The van der Waals surface area contributed by atoms with Crippen LogP contribution in [0.2, 0.25) is 0 Å². The predicted molar refractivity (Wildman–Crippen MR) is 119 cm³/mol. The van der Waals surface area contributed by atoms with E-state index in [-0.39, 0.29) is 7.43 Å². The molecule has 0 saturated heterocycles. The van der Waals surface area contributed by atoms with E-state index in [1.165, 1.54) is 62.5 Å². The second-order valence-corrected chi connectivity index (χ2v) is 9.16. The van der Waals surface area contributed by atoms with Crippen molar-refractivity contribution in [3.63, 3.8) is 0 Å². The summed E-state index contributed by atoms with van der Waals surface area (Å²) in [6.45, 7) is 4.80. The highest BCUT2D eigenvalue weighted by Crippen LogP contribution is 2.37. The van der Waals surface area contributed by atoms with Gasteiger partial charge in [-0.25, -0.2) is 0 Å². The van der Waals surface area contributed by atoms with Crippen molar-refractivity contribution >= 4 is 0 Å². The Hall–Kier alpha value is -1.56. The number of benzene rings is 2. The Morgan fingerprint density at radius 2 is 0.778 bits per heavy atom. The molecule has 27 heavy (non-hydrogen) atoms. The van der Waals surface area contributed by atoms with Crippen molar-refractivity contribution in [2.45, 2.75) is 84.5 Å². The van der Waals surface area contributed by atoms with E-state index < -0.39 is 0 Å². The van der Waals surface area contributed by atoms with Gasteiger partial charge in [0.05, 0.1) is 0 Å². The monoisotopic (exact) mass is 362 g/mol. The zero-order valence-corrected chi connectivity index (χ0v) is 16.6. The minimum Gasteiger partial charge on any atom is -0.0776 e. The van der Waals surface area contributed by atoms with Crippen LogP contribution < -0.4 is 0 Å². The number of rotatable bonds is 3. The average Bonchev–Trinajstić information content (AvgIpc) is 2.70. The second-order valence-electron chi connectivity index (χ2n) is 9.16. The number of hydrogen-bond donors (Lipinski definition) is 0. The van der Waals surface area contributed by atoms with Crippen molar-refractivity contribution in [2.75, 3.05) is 0 Å². The summed E-state index contributed by atoms with van der Waals surface area (Å²) in [6, 6.07) is 18.9. The van der Waals surface area contributed by atoms with E-state index >= 15 is 0 Å². The zero-order valence-electron chi connectivity index (χ0n) is 16.6. The van der Waals surface area contributed by atoms with Gasteiger partial charge in [0.25, 0.3) is 0 Å². The normalized spacial score (nSPS) is 28.4. The summed E-state index contributed by atoms with van der Waals surface area (Å²) in [7, 11) is 0. The maximum atomic E-state index is 2.40. The number of hydrogen-bond acceptors (Lipinski definition) is 0. The molecule has 0 atom stereocenters. The van der Waals surface area contributed by atoms with Crippen molar-refractivity contribution < 1.29 is 0 Å². The standard InChI is InChI=1S/C26H34.CH4/c1-19-3-7-21(8-4-19)23-11-15-25(16-12-23)26-17-13-24(14-18-26)22-9-5-20(2)6-10-22;/h11-22H,3-10H2,1-2H3;1H4. The van der Waals surface area contributed by atoms with Crippen LogP contribution in [-0.4, -0.2) is 0 Å². The van der Waals surface area contributed by atoms with E-state index in [2.05, 4.69) is 62.4 Å².